The van der Waals surface area contributed by atoms with Crippen molar-refractivity contribution in [2.75, 3.05) is 32.5 Å². The highest BCUT2D eigenvalue weighted by molar-refractivity contribution is 7.09. The fourth-order valence-electron chi connectivity index (χ4n) is 2.21. The Morgan fingerprint density at radius 3 is 2.56 bits per heavy atom. The van der Waals surface area contributed by atoms with Crippen LogP contribution in [-0.2, 0) is 11.2 Å². The van der Waals surface area contributed by atoms with Gasteiger partial charge in [-0.05, 0) is 56.0 Å². The second-order valence-electron chi connectivity index (χ2n) is 6.53. The molecular formula is C20H28N4O2S. The van der Waals surface area contributed by atoms with Crippen LogP contribution in [0, 0.1) is 0 Å². The van der Waals surface area contributed by atoms with Crippen LogP contribution >= 0.6 is 11.3 Å². The number of hydrogen-bond acceptors (Lipinski definition) is 4. The summed E-state index contributed by atoms with van der Waals surface area (Å²) in [5.41, 5.74) is 0.880. The van der Waals surface area contributed by atoms with Crippen molar-refractivity contribution in [1.82, 2.24) is 10.2 Å². The Morgan fingerprint density at radius 2 is 1.96 bits per heavy atom. The molecule has 1 aromatic heterocycles. The Morgan fingerprint density at radius 1 is 1.22 bits per heavy atom. The molecule has 0 aliphatic rings. The van der Waals surface area contributed by atoms with E-state index in [4.69, 9.17) is 4.74 Å². The highest BCUT2D eigenvalue weighted by Gasteiger charge is 2.06. The van der Waals surface area contributed by atoms with Crippen LogP contribution in [-0.4, -0.2) is 50.1 Å². The van der Waals surface area contributed by atoms with Crippen molar-refractivity contribution in [3.63, 3.8) is 0 Å². The first-order valence-corrected chi connectivity index (χ1v) is 9.86. The quantitative estimate of drug-likeness (QED) is 0.538. The zero-order valence-corrected chi connectivity index (χ0v) is 17.2. The standard InChI is InChI=1S/C20H28N4O2S/c1-15(2)26-17-9-7-16(8-10-17)23-20(22-14-19(25)24(3)4)21-12-11-18-6-5-13-27-18/h5-10,13,15H,11-12,14H2,1-4H3,(H2,21,22,23). The van der Waals surface area contributed by atoms with E-state index in [1.54, 1.807) is 25.4 Å². The summed E-state index contributed by atoms with van der Waals surface area (Å²) in [7, 11) is 3.45. The Balaban J connectivity index is 1.99. The molecule has 0 saturated heterocycles. The molecule has 6 nitrogen and oxygen atoms in total. The van der Waals surface area contributed by atoms with Gasteiger partial charge in [0.2, 0.25) is 5.91 Å². The average Bonchev–Trinajstić information content (AvgIpc) is 3.13. The molecule has 1 heterocycles. The lowest BCUT2D eigenvalue weighted by molar-refractivity contribution is -0.127. The number of nitrogens with zero attached hydrogens (tertiary/aromatic N) is 2. The molecular weight excluding hydrogens is 360 g/mol. The van der Waals surface area contributed by atoms with E-state index in [0.29, 0.717) is 5.96 Å². The van der Waals surface area contributed by atoms with Crippen molar-refractivity contribution >= 4 is 28.9 Å². The maximum absolute atomic E-state index is 11.9. The van der Waals surface area contributed by atoms with E-state index < -0.39 is 0 Å². The van der Waals surface area contributed by atoms with Crippen molar-refractivity contribution in [1.29, 1.82) is 0 Å². The van der Waals surface area contributed by atoms with Crippen LogP contribution in [0.3, 0.4) is 0 Å². The smallest absolute Gasteiger partial charge is 0.243 e. The van der Waals surface area contributed by atoms with Crippen LogP contribution in [0.15, 0.2) is 46.8 Å². The van der Waals surface area contributed by atoms with Gasteiger partial charge in [-0.1, -0.05) is 6.07 Å². The number of rotatable bonds is 8. The van der Waals surface area contributed by atoms with Crippen LogP contribution in [0.1, 0.15) is 18.7 Å². The van der Waals surface area contributed by atoms with E-state index in [2.05, 4.69) is 27.1 Å². The fraction of sp³-hybridized carbons (Fsp3) is 0.400. The zero-order chi connectivity index (χ0) is 19.6. The van der Waals surface area contributed by atoms with Crippen molar-refractivity contribution in [2.45, 2.75) is 26.4 Å². The van der Waals surface area contributed by atoms with Gasteiger partial charge in [-0.3, -0.25) is 4.79 Å². The number of nitrogens with one attached hydrogen (secondary N) is 2. The Bertz CT molecular complexity index is 725. The molecule has 2 N–H and O–H groups in total. The maximum atomic E-state index is 11.9. The molecule has 0 bridgehead atoms. The molecule has 0 aliphatic carbocycles. The lowest BCUT2D eigenvalue weighted by Gasteiger charge is -2.14. The molecule has 146 valence electrons. The molecule has 0 aliphatic heterocycles. The summed E-state index contributed by atoms with van der Waals surface area (Å²) < 4.78 is 5.66. The van der Waals surface area contributed by atoms with Crippen molar-refractivity contribution in [3.8, 4) is 5.75 Å². The van der Waals surface area contributed by atoms with E-state index in [0.717, 1.165) is 24.4 Å². The highest BCUT2D eigenvalue weighted by Crippen LogP contribution is 2.17. The molecule has 1 aromatic carbocycles. The molecule has 2 rings (SSSR count). The van der Waals surface area contributed by atoms with E-state index in [-0.39, 0.29) is 18.6 Å². The first-order chi connectivity index (χ1) is 12.9. The maximum Gasteiger partial charge on any atom is 0.243 e. The molecule has 0 atom stereocenters. The number of carbonyl (C=O) groups is 1. The summed E-state index contributed by atoms with van der Waals surface area (Å²) in [6.07, 6.45) is 1.04. The van der Waals surface area contributed by atoms with Crippen LogP contribution in [0.25, 0.3) is 0 Å². The summed E-state index contributed by atoms with van der Waals surface area (Å²) in [6, 6.07) is 11.8. The number of benzene rings is 1. The lowest BCUT2D eigenvalue weighted by atomic mass is 10.3. The number of anilines is 1. The number of thiophene rings is 1. The van der Waals surface area contributed by atoms with Gasteiger partial charge >= 0.3 is 0 Å². The summed E-state index contributed by atoms with van der Waals surface area (Å²) in [4.78, 5) is 19.1. The predicted octanol–water partition coefficient (Wildman–Crippen LogP) is 3.22. The van der Waals surface area contributed by atoms with E-state index in [1.165, 1.54) is 9.78 Å². The molecule has 1 amide bonds. The number of carbonyl (C=O) groups excluding carboxylic acids is 1. The fourth-order valence-corrected chi connectivity index (χ4v) is 2.92. The van der Waals surface area contributed by atoms with E-state index >= 15 is 0 Å². The highest BCUT2D eigenvalue weighted by atomic mass is 32.1. The number of ether oxygens (including phenoxy) is 1. The molecule has 2 aromatic rings. The number of hydrogen-bond donors (Lipinski definition) is 2. The van der Waals surface area contributed by atoms with Gasteiger partial charge in [-0.25, -0.2) is 4.99 Å². The number of likely N-dealkylation sites (N-methyl/N-ethyl adjacent to an activating group) is 1. The summed E-state index contributed by atoms with van der Waals surface area (Å²) in [5.74, 6) is 1.36. The average molecular weight is 389 g/mol. The van der Waals surface area contributed by atoms with E-state index in [1.807, 2.05) is 44.2 Å². The van der Waals surface area contributed by atoms with Crippen LogP contribution < -0.4 is 15.4 Å². The third-order valence-corrected chi connectivity index (χ3v) is 4.54. The monoisotopic (exact) mass is 388 g/mol. The van der Waals surface area contributed by atoms with Gasteiger partial charge in [-0.15, -0.1) is 11.3 Å². The first kappa shape index (κ1) is 20.8. The van der Waals surface area contributed by atoms with Gasteiger partial charge in [0.1, 0.15) is 12.3 Å². The topological polar surface area (TPSA) is 66.0 Å². The van der Waals surface area contributed by atoms with Crippen LogP contribution in [0.2, 0.25) is 0 Å². The molecule has 0 unspecified atom stereocenters. The van der Waals surface area contributed by atoms with Crippen molar-refractivity contribution in [2.24, 2.45) is 4.99 Å². The molecule has 0 fully saturated rings. The predicted molar refractivity (Wildman–Crippen MR) is 113 cm³/mol. The number of amides is 1. The minimum Gasteiger partial charge on any atom is -0.491 e. The minimum absolute atomic E-state index is 0.0463. The largest absolute Gasteiger partial charge is 0.491 e. The second kappa shape index (κ2) is 10.6. The Labute approximate surface area is 165 Å². The molecule has 0 spiro atoms. The van der Waals surface area contributed by atoms with E-state index in [9.17, 15) is 4.79 Å². The minimum atomic E-state index is -0.0463. The molecule has 0 saturated carbocycles. The van der Waals surface area contributed by atoms with Crippen LogP contribution in [0.4, 0.5) is 5.69 Å². The Kier molecular flexibility index (Phi) is 8.13. The number of guanidine groups is 1. The second-order valence-corrected chi connectivity index (χ2v) is 7.56. The van der Waals surface area contributed by atoms with Gasteiger partial charge in [0, 0.05) is 31.2 Å². The van der Waals surface area contributed by atoms with Gasteiger partial charge < -0.3 is 20.3 Å². The van der Waals surface area contributed by atoms with Gasteiger partial charge in [0.25, 0.3) is 0 Å². The Hall–Kier alpha value is -2.54. The zero-order valence-electron chi connectivity index (χ0n) is 16.4. The van der Waals surface area contributed by atoms with Gasteiger partial charge in [-0.2, -0.15) is 0 Å². The van der Waals surface area contributed by atoms with Gasteiger partial charge in [0.05, 0.1) is 6.10 Å². The normalized spacial score (nSPS) is 11.4. The SMILES string of the molecule is CC(C)Oc1ccc(NC(=NCC(=O)N(C)C)NCCc2cccs2)cc1. The lowest BCUT2D eigenvalue weighted by Crippen LogP contribution is -2.34. The molecule has 27 heavy (non-hydrogen) atoms. The molecule has 0 radical (unpaired) electrons. The van der Waals surface area contributed by atoms with Crippen molar-refractivity contribution in [3.05, 3.63) is 46.7 Å². The number of aliphatic imine (C=N–C) groups is 1. The van der Waals surface area contributed by atoms with Crippen molar-refractivity contribution < 1.29 is 9.53 Å². The third kappa shape index (κ3) is 7.70. The first-order valence-electron chi connectivity index (χ1n) is 8.98. The van der Waals surface area contributed by atoms with Gasteiger partial charge in [0.15, 0.2) is 5.96 Å². The third-order valence-electron chi connectivity index (χ3n) is 3.60. The van der Waals surface area contributed by atoms with Crippen LogP contribution in [0.5, 0.6) is 5.75 Å². The summed E-state index contributed by atoms with van der Waals surface area (Å²) in [6.45, 7) is 4.82. The molecule has 7 heteroatoms. The summed E-state index contributed by atoms with van der Waals surface area (Å²) >= 11 is 1.73. The summed E-state index contributed by atoms with van der Waals surface area (Å²) in [5, 5.41) is 8.61.